The van der Waals surface area contributed by atoms with Crippen LogP contribution < -0.4 is 10.6 Å². The van der Waals surface area contributed by atoms with Gasteiger partial charge >= 0.3 is 0 Å². The Balaban J connectivity index is 1.79. The number of pyridine rings is 1. The molecule has 26 heavy (non-hydrogen) atoms. The number of anilines is 1. The number of nitrogens with one attached hydrogen (secondary N) is 2. The van der Waals surface area contributed by atoms with Gasteiger partial charge in [0.1, 0.15) is 15.3 Å². The van der Waals surface area contributed by atoms with Crippen LogP contribution in [0.3, 0.4) is 0 Å². The van der Waals surface area contributed by atoms with Crippen LogP contribution in [0, 0.1) is 0 Å². The number of thiocarbonyl (C=S) groups is 1. The zero-order valence-corrected chi connectivity index (χ0v) is 16.2. The number of carbonyl (C=O) groups is 1. The van der Waals surface area contributed by atoms with Gasteiger partial charge in [-0.3, -0.25) is 4.79 Å². The molecule has 2 aromatic rings. The molecule has 0 amide bonds. The van der Waals surface area contributed by atoms with E-state index < -0.39 is 0 Å². The Morgan fingerprint density at radius 2 is 1.81 bits per heavy atom. The van der Waals surface area contributed by atoms with Crippen LogP contribution in [0.15, 0.2) is 53.7 Å². The Hall–Kier alpha value is -1.95. The molecule has 0 aliphatic heterocycles. The number of para-hydroxylation sites is 1. The van der Waals surface area contributed by atoms with Gasteiger partial charge in [0.15, 0.2) is 5.78 Å². The molecule has 0 fully saturated rings. The van der Waals surface area contributed by atoms with Crippen molar-refractivity contribution in [3.63, 3.8) is 0 Å². The number of halogens is 2. The van der Waals surface area contributed by atoms with Gasteiger partial charge in [0, 0.05) is 24.4 Å². The Kier molecular flexibility index (Phi) is 6.25. The minimum Gasteiger partial charge on any atom is -0.384 e. The van der Waals surface area contributed by atoms with E-state index in [1.165, 1.54) is 0 Å². The van der Waals surface area contributed by atoms with E-state index in [0.29, 0.717) is 33.8 Å². The number of aromatic nitrogens is 1. The van der Waals surface area contributed by atoms with Gasteiger partial charge in [-0.1, -0.05) is 53.6 Å². The van der Waals surface area contributed by atoms with Crippen molar-refractivity contribution in [1.82, 2.24) is 10.3 Å². The molecule has 0 atom stereocenters. The molecule has 7 heteroatoms. The Bertz CT molecular complexity index is 848. The molecule has 0 saturated carbocycles. The summed E-state index contributed by atoms with van der Waals surface area (Å²) in [5, 5.41) is 7.15. The quantitative estimate of drug-likeness (QED) is 0.545. The zero-order valence-electron chi connectivity index (χ0n) is 13.9. The van der Waals surface area contributed by atoms with E-state index in [1.54, 1.807) is 12.1 Å². The molecule has 1 aliphatic carbocycles. The van der Waals surface area contributed by atoms with Crippen molar-refractivity contribution in [3.8, 4) is 0 Å². The normalized spacial score (nSPS) is 14.3. The number of allylic oxidation sites excluding steroid dienone is 1. The molecule has 1 heterocycles. The molecule has 0 unspecified atom stereocenters. The fourth-order valence-electron chi connectivity index (χ4n) is 2.82. The van der Waals surface area contributed by atoms with Crippen LogP contribution >= 0.6 is 35.4 Å². The first-order valence-corrected chi connectivity index (χ1v) is 9.38. The van der Waals surface area contributed by atoms with E-state index in [4.69, 9.17) is 35.4 Å². The fourth-order valence-corrected chi connectivity index (χ4v) is 3.69. The topological polar surface area (TPSA) is 54.0 Å². The van der Waals surface area contributed by atoms with E-state index in [2.05, 4.69) is 15.6 Å². The van der Waals surface area contributed by atoms with Gasteiger partial charge in [0.25, 0.3) is 0 Å². The lowest BCUT2D eigenvalue weighted by molar-refractivity contribution is -0.115. The van der Waals surface area contributed by atoms with Crippen molar-refractivity contribution in [1.29, 1.82) is 0 Å². The number of carbonyl (C=O) groups excluding carboxylic acids is 1. The average molecular weight is 406 g/mol. The lowest BCUT2D eigenvalue weighted by atomic mass is 9.94. The molecule has 4 nitrogen and oxygen atoms in total. The van der Waals surface area contributed by atoms with Crippen LogP contribution in [0.5, 0.6) is 0 Å². The third-order valence-electron chi connectivity index (χ3n) is 4.00. The predicted molar refractivity (Wildman–Crippen MR) is 110 cm³/mol. The lowest BCUT2D eigenvalue weighted by Gasteiger charge is -2.22. The van der Waals surface area contributed by atoms with Crippen molar-refractivity contribution in [2.45, 2.75) is 25.8 Å². The van der Waals surface area contributed by atoms with E-state index in [-0.39, 0.29) is 5.78 Å². The van der Waals surface area contributed by atoms with E-state index in [1.807, 2.05) is 30.3 Å². The number of Topliss-reactive ketones (excluding diaryl/α,β-unsaturated/α-hetero) is 1. The molecule has 1 aromatic carbocycles. The summed E-state index contributed by atoms with van der Waals surface area (Å²) in [5.74, 6) is 0.0537. The largest absolute Gasteiger partial charge is 0.384 e. The minimum atomic E-state index is 0.0537. The number of hydrogen-bond acceptors (Lipinski definition) is 4. The van der Waals surface area contributed by atoms with Gasteiger partial charge in [-0.05, 0) is 42.7 Å². The maximum atomic E-state index is 12.5. The summed E-state index contributed by atoms with van der Waals surface area (Å²) in [7, 11) is 0. The Morgan fingerprint density at radius 3 is 2.50 bits per heavy atom. The summed E-state index contributed by atoms with van der Waals surface area (Å²) in [6.45, 7) is 0.488. The summed E-state index contributed by atoms with van der Waals surface area (Å²) in [4.78, 5) is 16.9. The molecule has 0 bridgehead atoms. The van der Waals surface area contributed by atoms with Gasteiger partial charge in [-0.25, -0.2) is 4.98 Å². The number of rotatable bonds is 5. The number of benzene rings is 1. The SMILES string of the molecule is O=C1CCCC(NCc2cc(Cl)nc(Cl)c2)=C1C(=S)Nc1ccccc1. The number of nitrogens with zero attached hydrogens (tertiary/aromatic N) is 1. The third-order valence-corrected chi connectivity index (χ3v) is 4.69. The van der Waals surface area contributed by atoms with Crippen molar-refractivity contribution in [2.24, 2.45) is 0 Å². The Morgan fingerprint density at radius 1 is 1.12 bits per heavy atom. The van der Waals surface area contributed by atoms with Crippen molar-refractivity contribution >= 4 is 51.9 Å². The summed E-state index contributed by atoms with van der Waals surface area (Å²) < 4.78 is 0. The Labute approximate surface area is 167 Å². The summed E-state index contributed by atoms with van der Waals surface area (Å²) >= 11 is 17.4. The maximum absolute atomic E-state index is 12.5. The number of ketones is 1. The van der Waals surface area contributed by atoms with Crippen molar-refractivity contribution < 1.29 is 4.79 Å². The third kappa shape index (κ3) is 4.81. The number of hydrogen-bond donors (Lipinski definition) is 2. The molecule has 1 aliphatic rings. The van der Waals surface area contributed by atoms with E-state index >= 15 is 0 Å². The van der Waals surface area contributed by atoms with Gasteiger partial charge in [-0.2, -0.15) is 0 Å². The van der Waals surface area contributed by atoms with Gasteiger partial charge in [0.2, 0.25) is 0 Å². The lowest BCUT2D eigenvalue weighted by Crippen LogP contribution is -2.28. The first-order valence-electron chi connectivity index (χ1n) is 8.21. The maximum Gasteiger partial charge on any atom is 0.167 e. The molecular weight excluding hydrogens is 389 g/mol. The van der Waals surface area contributed by atoms with Crippen LogP contribution in [0.4, 0.5) is 5.69 Å². The van der Waals surface area contributed by atoms with Crippen LogP contribution in [0.1, 0.15) is 24.8 Å². The van der Waals surface area contributed by atoms with Gasteiger partial charge in [0.05, 0.1) is 5.57 Å². The molecule has 2 N–H and O–H groups in total. The molecular formula is C19H17Cl2N3OS. The molecule has 0 spiro atoms. The van der Waals surface area contributed by atoms with Crippen LogP contribution in [-0.4, -0.2) is 15.8 Å². The minimum absolute atomic E-state index is 0.0537. The highest BCUT2D eigenvalue weighted by atomic mass is 35.5. The second kappa shape index (κ2) is 8.62. The zero-order chi connectivity index (χ0) is 18.5. The smallest absolute Gasteiger partial charge is 0.167 e. The highest BCUT2D eigenvalue weighted by Crippen LogP contribution is 2.23. The molecule has 3 rings (SSSR count). The fraction of sp³-hybridized carbons (Fsp3) is 0.211. The average Bonchev–Trinajstić information content (AvgIpc) is 2.60. The highest BCUT2D eigenvalue weighted by molar-refractivity contribution is 7.81. The standard InChI is InChI=1S/C19H17Cl2N3OS/c20-16-9-12(10-17(21)24-16)11-22-14-7-4-8-15(25)18(14)19(26)23-13-5-2-1-3-6-13/h1-3,5-6,9-10,22H,4,7-8,11H2,(H,23,26). The van der Waals surface area contributed by atoms with Crippen molar-refractivity contribution in [2.75, 3.05) is 5.32 Å². The van der Waals surface area contributed by atoms with E-state index in [0.717, 1.165) is 29.8 Å². The molecule has 134 valence electrons. The molecule has 0 radical (unpaired) electrons. The first kappa shape index (κ1) is 18.8. The van der Waals surface area contributed by atoms with E-state index in [9.17, 15) is 4.79 Å². The second-order valence-electron chi connectivity index (χ2n) is 5.92. The monoisotopic (exact) mass is 405 g/mol. The molecule has 0 saturated heterocycles. The second-order valence-corrected chi connectivity index (χ2v) is 7.11. The summed E-state index contributed by atoms with van der Waals surface area (Å²) in [5.41, 5.74) is 3.15. The van der Waals surface area contributed by atoms with Crippen LogP contribution in [0.2, 0.25) is 10.3 Å². The summed E-state index contributed by atoms with van der Waals surface area (Å²) in [6, 6.07) is 13.1. The summed E-state index contributed by atoms with van der Waals surface area (Å²) in [6.07, 6.45) is 2.07. The first-order chi connectivity index (χ1) is 12.5. The predicted octanol–water partition coefficient (Wildman–Crippen LogP) is 4.92. The molecule has 1 aromatic heterocycles. The van der Waals surface area contributed by atoms with Crippen molar-refractivity contribution in [3.05, 3.63) is 69.6 Å². The highest BCUT2D eigenvalue weighted by Gasteiger charge is 2.24. The van der Waals surface area contributed by atoms with Gasteiger partial charge in [-0.15, -0.1) is 0 Å². The van der Waals surface area contributed by atoms with Crippen LogP contribution in [0.25, 0.3) is 0 Å². The van der Waals surface area contributed by atoms with Gasteiger partial charge < -0.3 is 10.6 Å². The van der Waals surface area contributed by atoms with Crippen LogP contribution in [-0.2, 0) is 11.3 Å².